The molecule has 8 nitrogen and oxygen atoms in total. The summed E-state index contributed by atoms with van der Waals surface area (Å²) in [6.07, 6.45) is 2.91. The summed E-state index contributed by atoms with van der Waals surface area (Å²) in [5, 5.41) is 3.64. The maximum absolute atomic E-state index is 12.0. The summed E-state index contributed by atoms with van der Waals surface area (Å²) in [7, 11) is -4.67. The first-order valence-corrected chi connectivity index (χ1v) is 8.52. The minimum atomic E-state index is -4.67. The van der Waals surface area contributed by atoms with Crippen LogP contribution in [0, 0.1) is 0 Å². The van der Waals surface area contributed by atoms with Gasteiger partial charge in [0.15, 0.2) is 0 Å². The van der Waals surface area contributed by atoms with E-state index in [0.717, 1.165) is 31.4 Å². The zero-order valence-electron chi connectivity index (χ0n) is 12.9. The maximum Gasteiger partial charge on any atom is 0.394 e. The number of hydrogen-bond acceptors (Lipinski definition) is 6. The van der Waals surface area contributed by atoms with Crippen LogP contribution in [0.3, 0.4) is 0 Å². The molecule has 2 rings (SSSR count). The molecule has 0 saturated carbocycles. The Morgan fingerprint density at radius 3 is 2.48 bits per heavy atom. The Morgan fingerprint density at radius 2 is 1.91 bits per heavy atom. The van der Waals surface area contributed by atoms with E-state index in [1.807, 2.05) is 25.1 Å². The maximum atomic E-state index is 12.0. The van der Waals surface area contributed by atoms with Crippen molar-refractivity contribution in [2.24, 2.45) is 0 Å². The van der Waals surface area contributed by atoms with Crippen LogP contribution in [0.4, 0.5) is 6.01 Å². The SMILES string of the molecule is CCCCNc1nc2cccc(CC)c2c(=O)o1.O=S(=O)(O)O. The highest BCUT2D eigenvalue weighted by Crippen LogP contribution is 2.16. The standard InChI is InChI=1S/C14H18N2O2.H2O4S/c1-3-5-9-15-14-16-11-8-6-7-10(4-2)12(11)13(17)18-14;1-5(2,3)4/h6-8H,3-5,9H2,1-2H3,(H,15,16);(H2,1,2,3,4). The van der Waals surface area contributed by atoms with Crippen LogP contribution in [0.15, 0.2) is 27.4 Å². The molecule has 0 atom stereocenters. The van der Waals surface area contributed by atoms with Gasteiger partial charge in [0.2, 0.25) is 0 Å². The molecule has 0 aliphatic rings. The Morgan fingerprint density at radius 1 is 1.26 bits per heavy atom. The third-order valence-electron chi connectivity index (χ3n) is 2.93. The number of anilines is 1. The number of benzene rings is 1. The van der Waals surface area contributed by atoms with Gasteiger partial charge in [-0.15, -0.1) is 0 Å². The first-order chi connectivity index (χ1) is 10.8. The summed E-state index contributed by atoms with van der Waals surface area (Å²) >= 11 is 0. The lowest BCUT2D eigenvalue weighted by Gasteiger charge is -2.05. The molecule has 0 fully saturated rings. The van der Waals surface area contributed by atoms with Crippen molar-refractivity contribution in [1.82, 2.24) is 4.98 Å². The number of rotatable bonds is 5. The minimum absolute atomic E-state index is 0.309. The molecule has 0 radical (unpaired) electrons. The fourth-order valence-corrected chi connectivity index (χ4v) is 1.93. The Labute approximate surface area is 134 Å². The van der Waals surface area contributed by atoms with Crippen LogP contribution in [-0.4, -0.2) is 29.1 Å². The fraction of sp³-hybridized carbons (Fsp3) is 0.429. The van der Waals surface area contributed by atoms with Crippen LogP contribution in [0.25, 0.3) is 10.9 Å². The molecule has 0 spiro atoms. The number of aromatic nitrogens is 1. The lowest BCUT2D eigenvalue weighted by molar-refractivity contribution is 0.381. The van der Waals surface area contributed by atoms with E-state index in [0.29, 0.717) is 16.9 Å². The number of unbranched alkanes of at least 4 members (excludes halogenated alkanes) is 1. The second-order valence-electron chi connectivity index (χ2n) is 4.70. The zero-order chi connectivity index (χ0) is 17.5. The van der Waals surface area contributed by atoms with E-state index in [4.69, 9.17) is 21.9 Å². The van der Waals surface area contributed by atoms with Gasteiger partial charge in [-0.25, -0.2) is 4.79 Å². The van der Waals surface area contributed by atoms with Gasteiger partial charge in [0.1, 0.15) is 0 Å². The Bertz CT molecular complexity index is 793. The van der Waals surface area contributed by atoms with Crippen molar-refractivity contribution in [3.05, 3.63) is 34.2 Å². The molecule has 0 aliphatic heterocycles. The van der Waals surface area contributed by atoms with Crippen molar-refractivity contribution >= 4 is 27.3 Å². The second-order valence-corrected chi connectivity index (χ2v) is 5.60. The van der Waals surface area contributed by atoms with Crippen LogP contribution in [0.2, 0.25) is 0 Å². The molecule has 1 aromatic heterocycles. The molecule has 0 unspecified atom stereocenters. The van der Waals surface area contributed by atoms with Crippen molar-refractivity contribution < 1.29 is 21.9 Å². The summed E-state index contributed by atoms with van der Waals surface area (Å²) in [6, 6.07) is 6.01. The molecule has 0 aliphatic carbocycles. The Balaban J connectivity index is 0.000000463. The number of aryl methyl sites for hydroxylation is 1. The highest BCUT2D eigenvalue weighted by atomic mass is 32.3. The lowest BCUT2D eigenvalue weighted by Crippen LogP contribution is -2.10. The normalized spacial score (nSPS) is 11.0. The lowest BCUT2D eigenvalue weighted by atomic mass is 10.1. The highest BCUT2D eigenvalue weighted by molar-refractivity contribution is 7.79. The number of fused-ring (bicyclic) bond motifs is 1. The van der Waals surface area contributed by atoms with Crippen molar-refractivity contribution in [1.29, 1.82) is 0 Å². The number of nitrogens with zero attached hydrogens (tertiary/aromatic N) is 1. The molecule has 0 amide bonds. The summed E-state index contributed by atoms with van der Waals surface area (Å²) < 4.78 is 36.8. The van der Waals surface area contributed by atoms with E-state index in [9.17, 15) is 4.79 Å². The smallest absolute Gasteiger partial charge is 0.389 e. The summed E-state index contributed by atoms with van der Waals surface area (Å²) in [5.74, 6) is 0. The molecule has 2 aromatic rings. The van der Waals surface area contributed by atoms with Crippen molar-refractivity contribution in [3.8, 4) is 0 Å². The average Bonchev–Trinajstić information content (AvgIpc) is 2.45. The van der Waals surface area contributed by atoms with Crippen molar-refractivity contribution in [2.75, 3.05) is 11.9 Å². The third-order valence-corrected chi connectivity index (χ3v) is 2.93. The molecule has 128 valence electrons. The summed E-state index contributed by atoms with van der Waals surface area (Å²) in [6.45, 7) is 4.90. The van der Waals surface area contributed by atoms with E-state index in [2.05, 4.69) is 17.2 Å². The van der Waals surface area contributed by atoms with Crippen LogP contribution in [0.5, 0.6) is 0 Å². The van der Waals surface area contributed by atoms with Gasteiger partial charge in [-0.3, -0.25) is 9.11 Å². The topological polar surface area (TPSA) is 130 Å². The predicted molar refractivity (Wildman–Crippen MR) is 87.2 cm³/mol. The van der Waals surface area contributed by atoms with E-state index in [1.165, 1.54) is 0 Å². The molecule has 9 heteroatoms. The molecule has 3 N–H and O–H groups in total. The molecule has 23 heavy (non-hydrogen) atoms. The highest BCUT2D eigenvalue weighted by Gasteiger charge is 2.08. The average molecular weight is 344 g/mol. The van der Waals surface area contributed by atoms with Crippen LogP contribution in [-0.2, 0) is 16.8 Å². The Kier molecular flexibility index (Phi) is 7.14. The van der Waals surface area contributed by atoms with Crippen LogP contribution in [0.1, 0.15) is 32.3 Å². The second kappa shape index (κ2) is 8.61. The van der Waals surface area contributed by atoms with Crippen molar-refractivity contribution in [3.63, 3.8) is 0 Å². The quantitative estimate of drug-likeness (QED) is 0.556. The third kappa shape index (κ3) is 6.76. The fourth-order valence-electron chi connectivity index (χ4n) is 1.93. The zero-order valence-corrected chi connectivity index (χ0v) is 13.8. The summed E-state index contributed by atoms with van der Waals surface area (Å²) in [5.41, 5.74) is 1.37. The van der Waals surface area contributed by atoms with Crippen molar-refractivity contribution in [2.45, 2.75) is 33.1 Å². The van der Waals surface area contributed by atoms with Gasteiger partial charge < -0.3 is 9.73 Å². The van der Waals surface area contributed by atoms with Gasteiger partial charge in [-0.2, -0.15) is 13.4 Å². The Hall–Kier alpha value is -1.97. The van der Waals surface area contributed by atoms with Gasteiger partial charge in [0.25, 0.3) is 6.01 Å². The minimum Gasteiger partial charge on any atom is -0.389 e. The molecule has 1 aromatic carbocycles. The van der Waals surface area contributed by atoms with E-state index in [1.54, 1.807) is 0 Å². The van der Waals surface area contributed by atoms with Gasteiger partial charge in [-0.1, -0.05) is 32.4 Å². The van der Waals surface area contributed by atoms with E-state index < -0.39 is 10.4 Å². The van der Waals surface area contributed by atoms with E-state index in [-0.39, 0.29) is 5.63 Å². The molecule has 0 bridgehead atoms. The van der Waals surface area contributed by atoms with Gasteiger partial charge in [0.05, 0.1) is 10.9 Å². The molecular weight excluding hydrogens is 324 g/mol. The molecular formula is C14H20N2O6S. The van der Waals surface area contributed by atoms with Gasteiger partial charge >= 0.3 is 16.0 Å². The largest absolute Gasteiger partial charge is 0.394 e. The van der Waals surface area contributed by atoms with Gasteiger partial charge in [-0.05, 0) is 24.5 Å². The molecule has 1 heterocycles. The number of hydrogen-bond donors (Lipinski definition) is 3. The van der Waals surface area contributed by atoms with Crippen LogP contribution >= 0.6 is 0 Å². The van der Waals surface area contributed by atoms with Gasteiger partial charge in [0, 0.05) is 6.54 Å². The molecule has 0 saturated heterocycles. The van der Waals surface area contributed by atoms with Crippen LogP contribution < -0.4 is 10.9 Å². The summed E-state index contributed by atoms with van der Waals surface area (Å²) in [4.78, 5) is 16.3. The first kappa shape index (κ1) is 19.1. The first-order valence-electron chi connectivity index (χ1n) is 7.12. The number of nitrogens with one attached hydrogen (secondary N) is 1. The monoisotopic (exact) mass is 344 g/mol. The predicted octanol–water partition coefficient (Wildman–Crippen LogP) is 2.31. The van der Waals surface area contributed by atoms with E-state index >= 15 is 0 Å².